The zero-order chi connectivity index (χ0) is 13.4. The molecule has 0 saturated carbocycles. The molecule has 1 aromatic carbocycles. The highest BCUT2D eigenvalue weighted by atomic mass is 16.6. The second-order valence-corrected chi connectivity index (χ2v) is 3.33. The third-order valence-electron chi connectivity index (χ3n) is 2.05. The lowest BCUT2D eigenvalue weighted by Gasteiger charge is -2.01. The standard InChI is InChI=1S/C12H13NO5/c1-17-8-2-3-9-18-12(14)10-4-6-11(7-5-10)13(15)16/h2-7H,8-9H2,1H3. The zero-order valence-electron chi connectivity index (χ0n) is 9.87. The Morgan fingerprint density at radius 1 is 1.28 bits per heavy atom. The number of benzene rings is 1. The van der Waals surface area contributed by atoms with Gasteiger partial charge >= 0.3 is 5.97 Å². The van der Waals surface area contributed by atoms with Crippen molar-refractivity contribution < 1.29 is 19.2 Å². The molecule has 0 bridgehead atoms. The largest absolute Gasteiger partial charge is 0.458 e. The summed E-state index contributed by atoms with van der Waals surface area (Å²) in [6.45, 7) is 0.592. The number of ether oxygens (including phenoxy) is 2. The van der Waals surface area contributed by atoms with Crippen LogP contribution in [0.3, 0.4) is 0 Å². The van der Waals surface area contributed by atoms with Crippen molar-refractivity contribution in [2.75, 3.05) is 20.3 Å². The number of hydrogen-bond acceptors (Lipinski definition) is 5. The van der Waals surface area contributed by atoms with Crippen molar-refractivity contribution in [2.24, 2.45) is 0 Å². The SMILES string of the molecule is COCC=CCOC(=O)c1ccc([N+](=O)[O-])cc1. The number of rotatable bonds is 6. The van der Waals surface area contributed by atoms with E-state index in [0.717, 1.165) is 0 Å². The monoisotopic (exact) mass is 251 g/mol. The van der Waals surface area contributed by atoms with Crippen LogP contribution in [0.2, 0.25) is 0 Å². The van der Waals surface area contributed by atoms with Gasteiger partial charge in [-0.15, -0.1) is 0 Å². The first-order chi connectivity index (χ1) is 8.65. The Morgan fingerprint density at radius 2 is 1.89 bits per heavy atom. The number of nitro benzene ring substituents is 1. The van der Waals surface area contributed by atoms with Gasteiger partial charge < -0.3 is 9.47 Å². The first-order valence-electron chi connectivity index (χ1n) is 5.20. The molecule has 0 aliphatic carbocycles. The minimum absolute atomic E-state index is 0.0634. The van der Waals surface area contributed by atoms with Gasteiger partial charge in [-0.2, -0.15) is 0 Å². The minimum atomic E-state index is -0.525. The fraction of sp³-hybridized carbons (Fsp3) is 0.250. The van der Waals surface area contributed by atoms with Gasteiger partial charge in [0.1, 0.15) is 6.61 Å². The molecule has 0 aliphatic heterocycles. The van der Waals surface area contributed by atoms with Gasteiger partial charge in [0.15, 0.2) is 0 Å². The van der Waals surface area contributed by atoms with E-state index in [2.05, 4.69) is 0 Å². The molecule has 0 saturated heterocycles. The maximum atomic E-state index is 11.5. The van der Waals surface area contributed by atoms with Crippen LogP contribution in [-0.4, -0.2) is 31.2 Å². The fourth-order valence-corrected chi connectivity index (χ4v) is 1.16. The highest BCUT2D eigenvalue weighted by Crippen LogP contribution is 2.12. The summed E-state index contributed by atoms with van der Waals surface area (Å²) in [5.41, 5.74) is 0.215. The Balaban J connectivity index is 2.49. The van der Waals surface area contributed by atoms with E-state index < -0.39 is 10.9 Å². The second-order valence-electron chi connectivity index (χ2n) is 3.33. The lowest BCUT2D eigenvalue weighted by Crippen LogP contribution is -2.05. The van der Waals surface area contributed by atoms with Crippen LogP contribution in [0.15, 0.2) is 36.4 Å². The maximum absolute atomic E-state index is 11.5. The molecule has 0 fully saturated rings. The van der Waals surface area contributed by atoms with Crippen LogP contribution in [0.5, 0.6) is 0 Å². The van der Waals surface area contributed by atoms with Crippen LogP contribution < -0.4 is 0 Å². The van der Waals surface area contributed by atoms with Crippen LogP contribution >= 0.6 is 0 Å². The molecule has 0 unspecified atom stereocenters. The maximum Gasteiger partial charge on any atom is 0.338 e. The van der Waals surface area contributed by atoms with E-state index in [0.29, 0.717) is 6.61 Å². The van der Waals surface area contributed by atoms with E-state index in [1.54, 1.807) is 19.3 Å². The van der Waals surface area contributed by atoms with Crippen LogP contribution in [0.1, 0.15) is 10.4 Å². The van der Waals surface area contributed by atoms with E-state index in [4.69, 9.17) is 9.47 Å². The molecular weight excluding hydrogens is 238 g/mol. The Morgan fingerprint density at radius 3 is 2.44 bits per heavy atom. The first kappa shape index (κ1) is 13.9. The van der Waals surface area contributed by atoms with Crippen molar-refractivity contribution in [1.82, 2.24) is 0 Å². The Hall–Kier alpha value is -2.21. The number of nitro groups is 1. The van der Waals surface area contributed by atoms with E-state index in [1.165, 1.54) is 24.3 Å². The molecule has 96 valence electrons. The third-order valence-corrected chi connectivity index (χ3v) is 2.05. The van der Waals surface area contributed by atoms with Crippen molar-refractivity contribution in [2.45, 2.75) is 0 Å². The Labute approximate surface area is 104 Å². The quantitative estimate of drug-likeness (QED) is 0.334. The lowest BCUT2D eigenvalue weighted by molar-refractivity contribution is -0.384. The van der Waals surface area contributed by atoms with Crippen molar-refractivity contribution in [3.8, 4) is 0 Å². The zero-order valence-corrected chi connectivity index (χ0v) is 9.87. The first-order valence-corrected chi connectivity index (χ1v) is 5.20. The molecule has 0 spiro atoms. The smallest absolute Gasteiger partial charge is 0.338 e. The van der Waals surface area contributed by atoms with Gasteiger partial charge in [-0.1, -0.05) is 6.08 Å². The van der Waals surface area contributed by atoms with E-state index in [-0.39, 0.29) is 17.9 Å². The Kier molecular flexibility index (Phi) is 5.53. The molecule has 0 heterocycles. The summed E-state index contributed by atoms with van der Waals surface area (Å²) in [6.07, 6.45) is 3.38. The number of non-ortho nitro benzene ring substituents is 1. The summed E-state index contributed by atoms with van der Waals surface area (Å²) in [7, 11) is 1.56. The van der Waals surface area contributed by atoms with Crippen molar-refractivity contribution >= 4 is 11.7 Å². The van der Waals surface area contributed by atoms with E-state index in [9.17, 15) is 14.9 Å². The second kappa shape index (κ2) is 7.18. The number of nitrogens with zero attached hydrogens (tertiary/aromatic N) is 1. The summed E-state index contributed by atoms with van der Waals surface area (Å²) in [5.74, 6) is -0.521. The summed E-state index contributed by atoms with van der Waals surface area (Å²) >= 11 is 0. The van der Waals surface area contributed by atoms with Gasteiger partial charge in [0, 0.05) is 19.2 Å². The molecule has 0 aromatic heterocycles. The van der Waals surface area contributed by atoms with E-state index >= 15 is 0 Å². The number of carbonyl (C=O) groups excluding carboxylic acids is 1. The number of esters is 1. The van der Waals surface area contributed by atoms with Crippen molar-refractivity contribution in [1.29, 1.82) is 0 Å². The molecule has 0 radical (unpaired) electrons. The van der Waals surface area contributed by atoms with Crippen LogP contribution in [-0.2, 0) is 9.47 Å². The summed E-state index contributed by atoms with van der Waals surface area (Å²) in [5, 5.41) is 10.4. The van der Waals surface area contributed by atoms with Gasteiger partial charge in [-0.3, -0.25) is 10.1 Å². The number of carbonyl (C=O) groups is 1. The predicted molar refractivity (Wildman–Crippen MR) is 64.4 cm³/mol. The molecule has 1 rings (SSSR count). The topological polar surface area (TPSA) is 78.7 Å². The average molecular weight is 251 g/mol. The van der Waals surface area contributed by atoms with Crippen LogP contribution in [0, 0.1) is 10.1 Å². The molecule has 6 heteroatoms. The fourth-order valence-electron chi connectivity index (χ4n) is 1.16. The van der Waals surface area contributed by atoms with Crippen molar-refractivity contribution in [3.63, 3.8) is 0 Å². The molecule has 0 atom stereocenters. The number of hydrogen-bond donors (Lipinski definition) is 0. The highest BCUT2D eigenvalue weighted by molar-refractivity contribution is 5.89. The molecular formula is C12H13NO5. The Bertz CT molecular complexity index is 438. The lowest BCUT2D eigenvalue weighted by atomic mass is 10.2. The normalized spacial score (nSPS) is 10.5. The average Bonchev–Trinajstić information content (AvgIpc) is 2.38. The van der Waals surface area contributed by atoms with Gasteiger partial charge in [0.2, 0.25) is 0 Å². The molecule has 0 N–H and O–H groups in total. The summed E-state index contributed by atoms with van der Waals surface area (Å²) in [4.78, 5) is 21.4. The summed E-state index contributed by atoms with van der Waals surface area (Å²) < 4.78 is 9.70. The molecule has 1 aromatic rings. The highest BCUT2D eigenvalue weighted by Gasteiger charge is 2.09. The number of methoxy groups -OCH3 is 1. The minimum Gasteiger partial charge on any atom is -0.458 e. The van der Waals surface area contributed by atoms with E-state index in [1.807, 2.05) is 0 Å². The van der Waals surface area contributed by atoms with Gasteiger partial charge in [-0.25, -0.2) is 4.79 Å². The third kappa shape index (κ3) is 4.34. The van der Waals surface area contributed by atoms with Gasteiger partial charge in [-0.05, 0) is 18.2 Å². The molecule has 18 heavy (non-hydrogen) atoms. The van der Waals surface area contributed by atoms with Gasteiger partial charge in [0.05, 0.1) is 17.1 Å². The van der Waals surface area contributed by atoms with Crippen LogP contribution in [0.4, 0.5) is 5.69 Å². The molecule has 0 aliphatic rings. The summed E-state index contributed by atoms with van der Waals surface area (Å²) in [6, 6.07) is 5.24. The molecule has 6 nitrogen and oxygen atoms in total. The van der Waals surface area contributed by atoms with Crippen LogP contribution in [0.25, 0.3) is 0 Å². The predicted octanol–water partition coefficient (Wildman–Crippen LogP) is 1.95. The van der Waals surface area contributed by atoms with Gasteiger partial charge in [0.25, 0.3) is 5.69 Å². The van der Waals surface area contributed by atoms with Crippen molar-refractivity contribution in [3.05, 3.63) is 52.1 Å². The molecule has 0 amide bonds.